The lowest BCUT2D eigenvalue weighted by Crippen LogP contribution is -2.23. The lowest BCUT2D eigenvalue weighted by Gasteiger charge is -2.22. The second-order valence-electron chi connectivity index (χ2n) is 5.19. The maximum absolute atomic E-state index is 10.5. The first-order valence-electron chi connectivity index (χ1n) is 7.31. The van der Waals surface area contributed by atoms with Crippen LogP contribution in [0.1, 0.15) is 31.7 Å². The zero-order chi connectivity index (χ0) is 16.0. The number of benzene rings is 2. The number of hydrogen-bond donors (Lipinski definition) is 1. The highest BCUT2D eigenvalue weighted by Gasteiger charge is 2.25. The molecule has 2 aromatic carbocycles. The van der Waals surface area contributed by atoms with Crippen molar-refractivity contribution in [2.75, 3.05) is 0 Å². The molecule has 0 radical (unpaired) electrons. The van der Waals surface area contributed by atoms with Gasteiger partial charge in [-0.3, -0.25) is 0 Å². The molecule has 22 heavy (non-hydrogen) atoms. The fraction of sp³-hybridized carbons (Fsp3) is 0.263. The lowest BCUT2D eigenvalue weighted by atomic mass is 9.89. The third-order valence-electron chi connectivity index (χ3n) is 3.51. The van der Waals surface area contributed by atoms with Crippen LogP contribution < -0.4 is 4.74 Å². The van der Waals surface area contributed by atoms with Crippen molar-refractivity contribution in [1.82, 2.24) is 0 Å². The van der Waals surface area contributed by atoms with Crippen molar-refractivity contribution >= 4 is 11.6 Å². The van der Waals surface area contributed by atoms with Gasteiger partial charge in [-0.1, -0.05) is 43.0 Å². The lowest BCUT2D eigenvalue weighted by molar-refractivity contribution is 0.0877. The van der Waals surface area contributed by atoms with E-state index in [1.165, 1.54) is 0 Å². The Morgan fingerprint density at radius 2 is 1.64 bits per heavy atom. The standard InChI is InChI=1S/C19H19ClO2/c1-3-5-14-19(21,4-2)15-6-10-17(11-7-15)22-18-12-8-16(20)9-13-18/h2,6-13,21H,3,5,14H2,1H3. The predicted molar refractivity (Wildman–Crippen MR) is 90.2 cm³/mol. The van der Waals surface area contributed by atoms with Crippen molar-refractivity contribution in [1.29, 1.82) is 0 Å². The van der Waals surface area contributed by atoms with E-state index in [2.05, 4.69) is 12.8 Å². The van der Waals surface area contributed by atoms with Crippen LogP contribution in [0, 0.1) is 12.3 Å². The fourth-order valence-electron chi connectivity index (χ4n) is 2.17. The highest BCUT2D eigenvalue weighted by molar-refractivity contribution is 6.30. The zero-order valence-corrected chi connectivity index (χ0v) is 13.3. The molecule has 3 heteroatoms. The third kappa shape index (κ3) is 4.04. The van der Waals surface area contributed by atoms with Crippen LogP contribution in [0.15, 0.2) is 48.5 Å². The molecule has 0 aliphatic heterocycles. The molecular formula is C19H19ClO2. The summed E-state index contributed by atoms with van der Waals surface area (Å²) in [5.41, 5.74) is -0.499. The Hall–Kier alpha value is -1.95. The molecule has 1 N–H and O–H groups in total. The van der Waals surface area contributed by atoms with Crippen LogP contribution in [0.2, 0.25) is 5.02 Å². The minimum absolute atomic E-state index is 0.553. The van der Waals surface area contributed by atoms with Crippen molar-refractivity contribution in [3.8, 4) is 23.8 Å². The highest BCUT2D eigenvalue weighted by atomic mass is 35.5. The Morgan fingerprint density at radius 3 is 2.14 bits per heavy atom. The molecular weight excluding hydrogens is 296 g/mol. The minimum Gasteiger partial charge on any atom is -0.457 e. The Kier molecular flexibility index (Phi) is 5.49. The van der Waals surface area contributed by atoms with Gasteiger partial charge in [-0.15, -0.1) is 6.42 Å². The van der Waals surface area contributed by atoms with E-state index >= 15 is 0 Å². The molecule has 0 amide bonds. The van der Waals surface area contributed by atoms with Crippen molar-refractivity contribution in [2.24, 2.45) is 0 Å². The molecule has 1 unspecified atom stereocenters. The normalized spacial score (nSPS) is 13.2. The molecule has 0 aliphatic rings. The Balaban J connectivity index is 2.12. The summed E-state index contributed by atoms with van der Waals surface area (Å²) in [4.78, 5) is 0. The maximum Gasteiger partial charge on any atom is 0.150 e. The summed E-state index contributed by atoms with van der Waals surface area (Å²) in [7, 11) is 0. The number of hydrogen-bond acceptors (Lipinski definition) is 2. The summed E-state index contributed by atoms with van der Waals surface area (Å²) in [5, 5.41) is 11.2. The number of ether oxygens (including phenoxy) is 1. The van der Waals surface area contributed by atoms with Gasteiger partial charge in [-0.2, -0.15) is 0 Å². The number of aliphatic hydroxyl groups is 1. The van der Waals surface area contributed by atoms with Gasteiger partial charge in [0.25, 0.3) is 0 Å². The van der Waals surface area contributed by atoms with E-state index in [9.17, 15) is 5.11 Å². The Bertz CT molecular complexity index is 641. The zero-order valence-electron chi connectivity index (χ0n) is 12.6. The second-order valence-corrected chi connectivity index (χ2v) is 5.62. The molecule has 114 valence electrons. The first kappa shape index (κ1) is 16.4. The molecule has 1 atom stereocenters. The van der Waals surface area contributed by atoms with Crippen LogP contribution in [0.25, 0.3) is 0 Å². The molecule has 0 bridgehead atoms. The molecule has 2 rings (SSSR count). The van der Waals surface area contributed by atoms with Gasteiger partial charge in [0, 0.05) is 5.02 Å². The molecule has 0 saturated carbocycles. The van der Waals surface area contributed by atoms with E-state index < -0.39 is 5.60 Å². The van der Waals surface area contributed by atoms with Crippen molar-refractivity contribution in [3.05, 3.63) is 59.1 Å². The van der Waals surface area contributed by atoms with Gasteiger partial charge in [0.1, 0.15) is 11.5 Å². The van der Waals surface area contributed by atoms with Crippen molar-refractivity contribution < 1.29 is 9.84 Å². The molecule has 2 nitrogen and oxygen atoms in total. The minimum atomic E-state index is -1.21. The first-order valence-corrected chi connectivity index (χ1v) is 7.69. The number of rotatable bonds is 6. The maximum atomic E-state index is 10.5. The van der Waals surface area contributed by atoms with E-state index in [1.54, 1.807) is 48.5 Å². The van der Waals surface area contributed by atoms with Gasteiger partial charge in [-0.25, -0.2) is 0 Å². The average Bonchev–Trinajstić information content (AvgIpc) is 2.55. The van der Waals surface area contributed by atoms with Gasteiger partial charge in [0.2, 0.25) is 0 Å². The van der Waals surface area contributed by atoms with Crippen molar-refractivity contribution in [2.45, 2.75) is 31.8 Å². The van der Waals surface area contributed by atoms with Crippen LogP contribution in [-0.4, -0.2) is 5.11 Å². The molecule has 0 aromatic heterocycles. The van der Waals surface area contributed by atoms with E-state index in [0.29, 0.717) is 28.5 Å². The smallest absolute Gasteiger partial charge is 0.150 e. The summed E-state index contributed by atoms with van der Waals surface area (Å²) in [6.45, 7) is 2.07. The highest BCUT2D eigenvalue weighted by Crippen LogP contribution is 2.29. The van der Waals surface area contributed by atoms with Gasteiger partial charge in [-0.05, 0) is 54.8 Å². The molecule has 2 aromatic rings. The summed E-state index contributed by atoms with van der Waals surface area (Å²) in [6.07, 6.45) is 7.93. The van der Waals surface area contributed by atoms with E-state index in [4.69, 9.17) is 22.8 Å². The summed E-state index contributed by atoms with van der Waals surface area (Å²) in [5.74, 6) is 3.89. The topological polar surface area (TPSA) is 29.5 Å². The van der Waals surface area contributed by atoms with E-state index in [1.807, 2.05) is 0 Å². The predicted octanol–water partition coefficient (Wildman–Crippen LogP) is 5.14. The van der Waals surface area contributed by atoms with Crippen LogP contribution in [-0.2, 0) is 5.60 Å². The largest absolute Gasteiger partial charge is 0.457 e. The van der Waals surface area contributed by atoms with Crippen LogP contribution in [0.4, 0.5) is 0 Å². The average molecular weight is 315 g/mol. The quantitative estimate of drug-likeness (QED) is 0.748. The number of halogens is 1. The van der Waals surface area contributed by atoms with Gasteiger partial charge in [0.15, 0.2) is 5.60 Å². The Labute approximate surface area is 136 Å². The summed E-state index contributed by atoms with van der Waals surface area (Å²) in [6, 6.07) is 14.4. The monoisotopic (exact) mass is 314 g/mol. The molecule has 0 aliphatic carbocycles. The molecule has 0 saturated heterocycles. The van der Waals surface area contributed by atoms with Crippen LogP contribution >= 0.6 is 11.6 Å². The van der Waals surface area contributed by atoms with Crippen molar-refractivity contribution in [3.63, 3.8) is 0 Å². The van der Waals surface area contributed by atoms with Gasteiger partial charge >= 0.3 is 0 Å². The second kappa shape index (κ2) is 7.35. The fourth-order valence-corrected chi connectivity index (χ4v) is 2.30. The van der Waals surface area contributed by atoms with E-state index in [0.717, 1.165) is 12.8 Å². The van der Waals surface area contributed by atoms with Gasteiger partial charge in [0.05, 0.1) is 0 Å². The summed E-state index contributed by atoms with van der Waals surface area (Å²) < 4.78 is 5.72. The van der Waals surface area contributed by atoms with Gasteiger partial charge < -0.3 is 9.84 Å². The molecule has 0 fully saturated rings. The number of terminal acetylenes is 1. The molecule has 0 spiro atoms. The number of unbranched alkanes of at least 4 members (excludes halogenated alkanes) is 1. The Morgan fingerprint density at radius 1 is 1.09 bits per heavy atom. The molecule has 0 heterocycles. The SMILES string of the molecule is C#CC(O)(CCCC)c1ccc(Oc2ccc(Cl)cc2)cc1. The summed E-state index contributed by atoms with van der Waals surface area (Å²) >= 11 is 5.84. The van der Waals surface area contributed by atoms with E-state index in [-0.39, 0.29) is 0 Å². The first-order chi connectivity index (χ1) is 10.6. The van der Waals surface area contributed by atoms with Crippen LogP contribution in [0.5, 0.6) is 11.5 Å². The van der Waals surface area contributed by atoms with Crippen LogP contribution in [0.3, 0.4) is 0 Å². The third-order valence-corrected chi connectivity index (χ3v) is 3.76.